The highest BCUT2D eigenvalue weighted by Gasteiger charge is 2.31. The highest BCUT2D eigenvalue weighted by Crippen LogP contribution is 2.38. The minimum atomic E-state index is -0.105. The number of nitrogens with zero attached hydrogens (tertiary/aromatic N) is 7. The first-order chi connectivity index (χ1) is 12.7. The first kappa shape index (κ1) is 15.3. The summed E-state index contributed by atoms with van der Waals surface area (Å²) in [5.41, 5.74) is 0.710. The van der Waals surface area contributed by atoms with Gasteiger partial charge in [0, 0.05) is 44.6 Å². The highest BCUT2D eigenvalue weighted by molar-refractivity contribution is 5.48. The summed E-state index contributed by atoms with van der Waals surface area (Å²) in [6.07, 6.45) is 2.37. The van der Waals surface area contributed by atoms with Gasteiger partial charge in [-0.15, -0.1) is 15.3 Å². The van der Waals surface area contributed by atoms with Gasteiger partial charge in [0.1, 0.15) is 11.6 Å². The van der Waals surface area contributed by atoms with Crippen molar-refractivity contribution in [2.45, 2.75) is 18.8 Å². The zero-order valence-corrected chi connectivity index (χ0v) is 14.5. The fourth-order valence-electron chi connectivity index (χ4n) is 3.29. The number of fused-ring (bicyclic) bond motifs is 1. The predicted octanol–water partition coefficient (Wildman–Crippen LogP) is 0.644. The molecule has 0 bridgehead atoms. The second kappa shape index (κ2) is 5.79. The van der Waals surface area contributed by atoms with Crippen molar-refractivity contribution in [1.29, 1.82) is 0 Å². The lowest BCUT2D eigenvalue weighted by Gasteiger charge is -2.40. The molecule has 0 amide bonds. The molecule has 26 heavy (non-hydrogen) atoms. The molecule has 0 unspecified atom stereocenters. The molecule has 5 rings (SSSR count). The molecule has 1 aliphatic carbocycles. The van der Waals surface area contributed by atoms with Gasteiger partial charge in [0.25, 0.3) is 5.56 Å². The average Bonchev–Trinajstić information content (AvgIpc) is 3.36. The largest absolute Gasteiger partial charge is 0.368 e. The third-order valence-corrected chi connectivity index (χ3v) is 5.03. The smallest absolute Gasteiger partial charge is 0.266 e. The lowest BCUT2D eigenvalue weighted by molar-refractivity contribution is 0.424. The van der Waals surface area contributed by atoms with Gasteiger partial charge in [-0.05, 0) is 31.0 Å². The van der Waals surface area contributed by atoms with Crippen LogP contribution in [-0.4, -0.2) is 49.2 Å². The number of hydrogen-bond donors (Lipinski definition) is 1. The van der Waals surface area contributed by atoms with Crippen LogP contribution in [0, 0.1) is 5.92 Å². The molecule has 3 aromatic heterocycles. The van der Waals surface area contributed by atoms with E-state index in [1.807, 2.05) is 16.6 Å². The summed E-state index contributed by atoms with van der Waals surface area (Å²) in [7, 11) is 1.65. The molecule has 0 aromatic carbocycles. The molecule has 9 heteroatoms. The Morgan fingerprint density at radius 2 is 1.96 bits per heavy atom. The van der Waals surface area contributed by atoms with Crippen molar-refractivity contribution in [1.82, 2.24) is 29.6 Å². The molecule has 0 atom stereocenters. The van der Waals surface area contributed by atoms with Crippen LogP contribution in [0.25, 0.3) is 5.65 Å². The summed E-state index contributed by atoms with van der Waals surface area (Å²) in [5, 5.41) is 20.7. The van der Waals surface area contributed by atoms with Gasteiger partial charge in [-0.3, -0.25) is 4.79 Å². The predicted molar refractivity (Wildman–Crippen MR) is 96.4 cm³/mol. The molecular formula is C17H20N8O. The van der Waals surface area contributed by atoms with Crippen molar-refractivity contribution in [2.24, 2.45) is 13.0 Å². The van der Waals surface area contributed by atoms with E-state index < -0.39 is 0 Å². The Morgan fingerprint density at radius 3 is 2.73 bits per heavy atom. The van der Waals surface area contributed by atoms with Crippen LogP contribution in [-0.2, 0) is 7.05 Å². The first-order valence-electron chi connectivity index (χ1n) is 8.93. The Bertz CT molecular complexity index is 1020. The standard InChI is InChI=1S/C17H20N8O/c1-23-16(26)7-4-13(21-23)18-8-11-9-24(10-11)15-6-5-14-19-20-17(12-2-3-12)25(14)22-15/h4-7,11-12H,2-3,8-10H2,1H3,(H,18,21). The van der Waals surface area contributed by atoms with Crippen LogP contribution in [0.3, 0.4) is 0 Å². The summed E-state index contributed by atoms with van der Waals surface area (Å²) >= 11 is 0. The Labute approximate surface area is 149 Å². The number of aryl methyl sites for hydroxylation is 1. The second-order valence-corrected chi connectivity index (χ2v) is 7.13. The van der Waals surface area contributed by atoms with Gasteiger partial charge in [-0.2, -0.15) is 9.61 Å². The number of hydrogen-bond acceptors (Lipinski definition) is 7. The fraction of sp³-hybridized carbons (Fsp3) is 0.471. The number of aromatic nitrogens is 6. The van der Waals surface area contributed by atoms with Crippen molar-refractivity contribution in [3.05, 3.63) is 40.4 Å². The van der Waals surface area contributed by atoms with Gasteiger partial charge in [0.15, 0.2) is 11.5 Å². The van der Waals surface area contributed by atoms with Crippen molar-refractivity contribution in [3.63, 3.8) is 0 Å². The van der Waals surface area contributed by atoms with Crippen molar-refractivity contribution in [2.75, 3.05) is 29.9 Å². The van der Waals surface area contributed by atoms with E-state index >= 15 is 0 Å². The lowest BCUT2D eigenvalue weighted by Crippen LogP contribution is -2.50. The van der Waals surface area contributed by atoms with Gasteiger partial charge in [-0.25, -0.2) is 4.68 Å². The molecule has 9 nitrogen and oxygen atoms in total. The Kier molecular flexibility index (Phi) is 3.41. The third kappa shape index (κ3) is 2.69. The van der Waals surface area contributed by atoms with E-state index in [9.17, 15) is 4.79 Å². The molecule has 1 saturated heterocycles. The van der Waals surface area contributed by atoms with Gasteiger partial charge in [0.2, 0.25) is 0 Å². The van der Waals surface area contributed by atoms with Crippen molar-refractivity contribution >= 4 is 17.3 Å². The molecule has 4 heterocycles. The molecule has 0 radical (unpaired) electrons. The van der Waals surface area contributed by atoms with E-state index in [2.05, 4.69) is 25.5 Å². The van der Waals surface area contributed by atoms with Crippen LogP contribution in [0.2, 0.25) is 0 Å². The molecule has 3 aromatic rings. The average molecular weight is 352 g/mol. The van der Waals surface area contributed by atoms with E-state index in [1.54, 1.807) is 13.1 Å². The van der Waals surface area contributed by atoms with Gasteiger partial charge < -0.3 is 10.2 Å². The maximum Gasteiger partial charge on any atom is 0.266 e. The normalized spacial score (nSPS) is 17.5. The maximum atomic E-state index is 11.4. The van der Waals surface area contributed by atoms with E-state index in [1.165, 1.54) is 23.6 Å². The summed E-state index contributed by atoms with van der Waals surface area (Å²) in [6, 6.07) is 7.25. The van der Waals surface area contributed by atoms with Gasteiger partial charge >= 0.3 is 0 Å². The van der Waals surface area contributed by atoms with Crippen LogP contribution in [0.4, 0.5) is 11.6 Å². The zero-order valence-electron chi connectivity index (χ0n) is 14.5. The number of rotatable bonds is 5. The Balaban J connectivity index is 1.22. The SMILES string of the molecule is Cn1nc(NCC2CN(c3ccc4nnc(C5CC5)n4n3)C2)ccc1=O. The van der Waals surface area contributed by atoms with E-state index in [-0.39, 0.29) is 5.56 Å². The summed E-state index contributed by atoms with van der Waals surface area (Å²) in [4.78, 5) is 13.6. The summed E-state index contributed by atoms with van der Waals surface area (Å²) < 4.78 is 3.23. The molecule has 2 fully saturated rings. The van der Waals surface area contributed by atoms with Crippen LogP contribution < -0.4 is 15.8 Å². The molecular weight excluding hydrogens is 332 g/mol. The topological polar surface area (TPSA) is 93.2 Å². The molecule has 2 aliphatic rings. The zero-order chi connectivity index (χ0) is 17.7. The third-order valence-electron chi connectivity index (χ3n) is 5.03. The van der Waals surface area contributed by atoms with E-state index in [0.29, 0.717) is 11.8 Å². The molecule has 1 saturated carbocycles. The maximum absolute atomic E-state index is 11.4. The quantitative estimate of drug-likeness (QED) is 0.720. The van der Waals surface area contributed by atoms with Crippen LogP contribution >= 0.6 is 0 Å². The summed E-state index contributed by atoms with van der Waals surface area (Å²) in [6.45, 7) is 2.71. The minimum Gasteiger partial charge on any atom is -0.368 e. The molecule has 1 aliphatic heterocycles. The number of anilines is 2. The van der Waals surface area contributed by atoms with Gasteiger partial charge in [0.05, 0.1) is 0 Å². The Morgan fingerprint density at radius 1 is 1.12 bits per heavy atom. The summed E-state index contributed by atoms with van der Waals surface area (Å²) in [5.74, 6) is 3.73. The van der Waals surface area contributed by atoms with Crippen molar-refractivity contribution in [3.8, 4) is 0 Å². The van der Waals surface area contributed by atoms with Crippen molar-refractivity contribution < 1.29 is 0 Å². The first-order valence-corrected chi connectivity index (χ1v) is 8.93. The van der Waals surface area contributed by atoms with Crippen LogP contribution in [0.1, 0.15) is 24.6 Å². The monoisotopic (exact) mass is 352 g/mol. The highest BCUT2D eigenvalue weighted by atomic mass is 16.1. The van der Waals surface area contributed by atoms with E-state index in [0.717, 1.165) is 42.7 Å². The second-order valence-electron chi connectivity index (χ2n) is 7.13. The van der Waals surface area contributed by atoms with Crippen LogP contribution in [0.15, 0.2) is 29.1 Å². The lowest BCUT2D eigenvalue weighted by atomic mass is 10.0. The van der Waals surface area contributed by atoms with Crippen LogP contribution in [0.5, 0.6) is 0 Å². The Hall–Kier alpha value is -2.97. The number of nitrogens with one attached hydrogen (secondary N) is 1. The minimum absolute atomic E-state index is 0.105. The molecule has 134 valence electrons. The fourth-order valence-corrected chi connectivity index (χ4v) is 3.29. The van der Waals surface area contributed by atoms with E-state index in [4.69, 9.17) is 5.10 Å². The molecule has 1 N–H and O–H groups in total. The molecule has 0 spiro atoms. The van der Waals surface area contributed by atoms with Gasteiger partial charge in [-0.1, -0.05) is 0 Å².